The molecule has 5 heteroatoms. The zero-order valence-corrected chi connectivity index (χ0v) is 18.1. The molecular formula is C25H31F2N3. The van der Waals surface area contributed by atoms with Crippen molar-refractivity contribution >= 4 is 5.57 Å². The molecule has 1 saturated heterocycles. The topological polar surface area (TPSA) is 28.2 Å². The number of likely N-dealkylation sites (tertiary alicyclic amines) is 1. The Labute approximate surface area is 178 Å². The van der Waals surface area contributed by atoms with Crippen molar-refractivity contribution in [3.8, 4) is 11.1 Å². The minimum absolute atomic E-state index is 0.295. The summed E-state index contributed by atoms with van der Waals surface area (Å²) < 4.78 is 27.5. The number of aryl methyl sites for hydroxylation is 1. The van der Waals surface area contributed by atoms with Crippen LogP contribution < -0.4 is 5.32 Å². The Hall–Kier alpha value is -2.53. The van der Waals surface area contributed by atoms with Gasteiger partial charge in [-0.05, 0) is 68.0 Å². The van der Waals surface area contributed by atoms with Gasteiger partial charge in [-0.1, -0.05) is 25.3 Å². The number of allylic oxidation sites excluding steroid dienone is 1. The maximum Gasteiger partial charge on any atom is 0.142 e. The Kier molecular flexibility index (Phi) is 6.71. The number of piperidine rings is 1. The number of nitrogens with zero attached hydrogens (tertiary/aromatic N) is 2. The van der Waals surface area contributed by atoms with Gasteiger partial charge in [0.15, 0.2) is 0 Å². The largest absolute Gasteiger partial charge is 0.382 e. The average molecular weight is 412 g/mol. The van der Waals surface area contributed by atoms with Gasteiger partial charge in [0.05, 0.1) is 6.20 Å². The van der Waals surface area contributed by atoms with Crippen LogP contribution in [0.3, 0.4) is 0 Å². The zero-order chi connectivity index (χ0) is 21.9. The quantitative estimate of drug-likeness (QED) is 0.608. The molecule has 1 N–H and O–H groups in total. The Morgan fingerprint density at radius 2 is 1.87 bits per heavy atom. The summed E-state index contributed by atoms with van der Waals surface area (Å²) in [5.74, 6) is -0.359. The highest BCUT2D eigenvalue weighted by Crippen LogP contribution is 2.29. The van der Waals surface area contributed by atoms with Gasteiger partial charge in [0, 0.05) is 43.1 Å². The Morgan fingerprint density at radius 1 is 1.17 bits per heavy atom. The van der Waals surface area contributed by atoms with Crippen LogP contribution in [0.4, 0.5) is 8.78 Å². The van der Waals surface area contributed by atoms with Crippen LogP contribution in [0.25, 0.3) is 16.7 Å². The van der Waals surface area contributed by atoms with Gasteiger partial charge in [-0.15, -0.1) is 0 Å². The molecule has 1 aromatic heterocycles. The van der Waals surface area contributed by atoms with Crippen molar-refractivity contribution in [3.63, 3.8) is 0 Å². The van der Waals surface area contributed by atoms with Gasteiger partial charge in [-0.3, -0.25) is 4.98 Å². The van der Waals surface area contributed by atoms with Crippen LogP contribution >= 0.6 is 0 Å². The van der Waals surface area contributed by atoms with E-state index >= 15 is 0 Å². The van der Waals surface area contributed by atoms with Crippen LogP contribution in [-0.4, -0.2) is 41.2 Å². The highest BCUT2D eigenvalue weighted by Gasteiger charge is 2.25. The lowest BCUT2D eigenvalue weighted by atomic mass is 9.94. The molecule has 0 radical (unpaired) electrons. The molecule has 0 unspecified atom stereocenters. The molecule has 30 heavy (non-hydrogen) atoms. The molecule has 1 aliphatic heterocycles. The first-order valence-electron chi connectivity index (χ1n) is 10.4. The molecule has 0 atom stereocenters. The molecule has 0 aliphatic carbocycles. The molecule has 0 saturated carbocycles. The number of hydrogen-bond donors (Lipinski definition) is 1. The van der Waals surface area contributed by atoms with E-state index in [-0.39, 0.29) is 5.82 Å². The molecule has 1 fully saturated rings. The fourth-order valence-corrected chi connectivity index (χ4v) is 3.96. The summed E-state index contributed by atoms with van der Waals surface area (Å²) in [6.45, 7) is 15.9. The van der Waals surface area contributed by atoms with Crippen molar-refractivity contribution in [3.05, 3.63) is 72.5 Å². The second-order valence-corrected chi connectivity index (χ2v) is 8.79. The van der Waals surface area contributed by atoms with Crippen LogP contribution in [0.15, 0.2) is 55.5 Å². The summed E-state index contributed by atoms with van der Waals surface area (Å²) >= 11 is 0. The first kappa shape index (κ1) is 22.2. The van der Waals surface area contributed by atoms with Gasteiger partial charge in [-0.2, -0.15) is 0 Å². The Balaban J connectivity index is 1.65. The van der Waals surface area contributed by atoms with E-state index in [1.54, 1.807) is 20.0 Å². The molecule has 0 spiro atoms. The zero-order valence-electron chi connectivity index (χ0n) is 18.1. The number of hydrogen-bond acceptors (Lipinski definition) is 3. The maximum absolute atomic E-state index is 13.9. The summed E-state index contributed by atoms with van der Waals surface area (Å²) in [5.41, 5.74) is 4.12. The summed E-state index contributed by atoms with van der Waals surface area (Å²) in [7, 11) is 0. The molecule has 1 aromatic carbocycles. The predicted molar refractivity (Wildman–Crippen MR) is 120 cm³/mol. The molecular weight excluding hydrogens is 380 g/mol. The van der Waals surface area contributed by atoms with E-state index in [4.69, 9.17) is 0 Å². The van der Waals surface area contributed by atoms with Gasteiger partial charge < -0.3 is 10.2 Å². The number of halogens is 2. The third-order valence-corrected chi connectivity index (χ3v) is 5.53. The van der Waals surface area contributed by atoms with Crippen LogP contribution in [0.1, 0.15) is 37.8 Å². The van der Waals surface area contributed by atoms with Gasteiger partial charge in [0.1, 0.15) is 11.5 Å². The van der Waals surface area contributed by atoms with Crippen LogP contribution in [0.2, 0.25) is 0 Å². The molecule has 3 rings (SSSR count). The van der Waals surface area contributed by atoms with E-state index in [0.717, 1.165) is 59.5 Å². The van der Waals surface area contributed by atoms with Crippen LogP contribution in [-0.2, 0) is 0 Å². The first-order valence-corrected chi connectivity index (χ1v) is 10.4. The monoisotopic (exact) mass is 411 g/mol. The lowest BCUT2D eigenvalue weighted by Crippen LogP contribution is -2.45. The molecule has 160 valence electrons. The second kappa shape index (κ2) is 9.09. The normalized spacial score (nSPS) is 15.8. The van der Waals surface area contributed by atoms with E-state index in [0.29, 0.717) is 12.6 Å². The van der Waals surface area contributed by atoms with Crippen molar-refractivity contribution in [2.75, 3.05) is 19.6 Å². The number of alkyl halides is 1. The van der Waals surface area contributed by atoms with E-state index in [1.807, 2.05) is 25.1 Å². The lowest BCUT2D eigenvalue weighted by Gasteiger charge is -2.35. The minimum Gasteiger partial charge on any atom is -0.382 e. The van der Waals surface area contributed by atoms with E-state index in [1.165, 1.54) is 12.3 Å². The lowest BCUT2D eigenvalue weighted by molar-refractivity contribution is 0.103. The highest BCUT2D eigenvalue weighted by atomic mass is 19.1. The van der Waals surface area contributed by atoms with Gasteiger partial charge >= 0.3 is 0 Å². The van der Waals surface area contributed by atoms with Crippen LogP contribution in [0.5, 0.6) is 0 Å². The molecule has 2 heterocycles. The Morgan fingerprint density at radius 3 is 2.50 bits per heavy atom. The van der Waals surface area contributed by atoms with Gasteiger partial charge in [0.2, 0.25) is 0 Å². The summed E-state index contributed by atoms with van der Waals surface area (Å²) in [4.78, 5) is 6.12. The van der Waals surface area contributed by atoms with E-state index < -0.39 is 5.67 Å². The van der Waals surface area contributed by atoms with Crippen molar-refractivity contribution in [2.45, 2.75) is 45.3 Å². The van der Waals surface area contributed by atoms with Gasteiger partial charge in [0.25, 0.3) is 0 Å². The molecule has 3 nitrogen and oxygen atoms in total. The molecule has 1 aliphatic rings. The third kappa shape index (κ3) is 5.76. The molecule has 2 aromatic rings. The number of aromatic nitrogens is 1. The standard InChI is InChI=1S/C25H31F2N3/c1-17-6-7-20(21-12-22(26)15-28-14-21)13-24(17)18(2)19(3)29-23-8-10-30(11-9-23)16-25(4,5)27/h6-7,12-15,23,29H,2-3,8-11,16H2,1,4-5H3. The average Bonchev–Trinajstić information content (AvgIpc) is 2.68. The molecule has 0 bridgehead atoms. The van der Waals surface area contributed by atoms with E-state index in [2.05, 4.69) is 28.4 Å². The number of benzene rings is 1. The summed E-state index contributed by atoms with van der Waals surface area (Å²) in [6, 6.07) is 7.74. The highest BCUT2D eigenvalue weighted by molar-refractivity contribution is 5.81. The SMILES string of the molecule is C=C(NC1CCN(CC(C)(C)F)CC1)C(=C)c1cc(-c2cncc(F)c2)ccc1C. The van der Waals surface area contributed by atoms with Crippen molar-refractivity contribution in [1.29, 1.82) is 0 Å². The smallest absolute Gasteiger partial charge is 0.142 e. The third-order valence-electron chi connectivity index (χ3n) is 5.53. The number of pyridine rings is 1. The fraction of sp³-hybridized carbons (Fsp3) is 0.400. The molecule has 0 amide bonds. The number of rotatable bonds is 7. The second-order valence-electron chi connectivity index (χ2n) is 8.79. The van der Waals surface area contributed by atoms with Gasteiger partial charge in [-0.25, -0.2) is 8.78 Å². The first-order chi connectivity index (χ1) is 14.1. The maximum atomic E-state index is 13.9. The number of nitrogens with one attached hydrogen (secondary N) is 1. The van der Waals surface area contributed by atoms with Crippen molar-refractivity contribution in [1.82, 2.24) is 15.2 Å². The summed E-state index contributed by atoms with van der Waals surface area (Å²) in [5, 5.41) is 3.51. The Bertz CT molecular complexity index is 922. The summed E-state index contributed by atoms with van der Waals surface area (Å²) in [6.07, 6.45) is 4.73. The fourth-order valence-electron chi connectivity index (χ4n) is 3.96. The van der Waals surface area contributed by atoms with Crippen LogP contribution in [0, 0.1) is 12.7 Å². The predicted octanol–water partition coefficient (Wildman–Crippen LogP) is 5.53. The van der Waals surface area contributed by atoms with E-state index in [9.17, 15) is 8.78 Å². The minimum atomic E-state index is -1.17. The van der Waals surface area contributed by atoms with Crippen molar-refractivity contribution in [2.24, 2.45) is 0 Å². The van der Waals surface area contributed by atoms with Crippen molar-refractivity contribution < 1.29 is 8.78 Å².